The zero-order valence-corrected chi connectivity index (χ0v) is 15.8. The maximum Gasteiger partial charge on any atom is 0.234 e. The van der Waals surface area contributed by atoms with E-state index in [9.17, 15) is 4.79 Å². The van der Waals surface area contributed by atoms with Crippen molar-refractivity contribution in [1.29, 1.82) is 0 Å². The Morgan fingerprint density at radius 2 is 1.92 bits per heavy atom. The minimum absolute atomic E-state index is 0.0200. The highest BCUT2D eigenvalue weighted by atomic mass is 32.2. The van der Waals surface area contributed by atoms with Crippen LogP contribution in [0.2, 0.25) is 0 Å². The Morgan fingerprint density at radius 3 is 2.69 bits per heavy atom. The largest absolute Gasteiger partial charge is 0.378 e. The number of ether oxygens (including phenoxy) is 1. The molecule has 1 N–H and O–H groups in total. The van der Waals surface area contributed by atoms with Gasteiger partial charge in [0, 0.05) is 24.5 Å². The third-order valence-electron chi connectivity index (χ3n) is 4.13. The third-order valence-corrected chi connectivity index (χ3v) is 6.31. The molecule has 0 aliphatic carbocycles. The topological polar surface area (TPSA) is 54.5 Å². The summed E-state index contributed by atoms with van der Waals surface area (Å²) >= 11 is 3.09. The fraction of sp³-hybridized carbons (Fsp3) is 0.263. The van der Waals surface area contributed by atoms with E-state index in [2.05, 4.69) is 15.2 Å². The lowest BCUT2D eigenvalue weighted by Gasteiger charge is -2.28. The van der Waals surface area contributed by atoms with Crippen LogP contribution < -0.4 is 10.2 Å². The van der Waals surface area contributed by atoms with Crippen LogP contribution in [0.1, 0.15) is 0 Å². The molecule has 0 spiro atoms. The van der Waals surface area contributed by atoms with Gasteiger partial charge >= 0.3 is 0 Å². The number of nitrogens with one attached hydrogen (secondary N) is 1. The summed E-state index contributed by atoms with van der Waals surface area (Å²) in [6.45, 7) is 3.35. The molecular weight excluding hydrogens is 366 g/mol. The van der Waals surface area contributed by atoms with Crippen LogP contribution in [0.4, 0.5) is 11.4 Å². The van der Waals surface area contributed by atoms with Crippen molar-refractivity contribution in [3.8, 4) is 0 Å². The zero-order valence-electron chi connectivity index (χ0n) is 14.2. The van der Waals surface area contributed by atoms with Gasteiger partial charge in [0.2, 0.25) is 5.91 Å². The second-order valence-electron chi connectivity index (χ2n) is 5.93. The van der Waals surface area contributed by atoms with Crippen LogP contribution in [-0.2, 0) is 9.53 Å². The number of aromatic nitrogens is 1. The Morgan fingerprint density at radius 1 is 1.15 bits per heavy atom. The molecule has 7 heteroatoms. The lowest BCUT2D eigenvalue weighted by Crippen LogP contribution is -2.36. The summed E-state index contributed by atoms with van der Waals surface area (Å²) in [4.78, 5) is 19.0. The van der Waals surface area contributed by atoms with Gasteiger partial charge < -0.3 is 15.0 Å². The molecule has 134 valence electrons. The average molecular weight is 386 g/mol. The predicted molar refractivity (Wildman–Crippen MR) is 108 cm³/mol. The number of hydrogen-bond donors (Lipinski definition) is 1. The van der Waals surface area contributed by atoms with Crippen molar-refractivity contribution in [3.05, 3.63) is 48.5 Å². The van der Waals surface area contributed by atoms with E-state index in [0.717, 1.165) is 52.2 Å². The van der Waals surface area contributed by atoms with Crippen molar-refractivity contribution in [2.75, 3.05) is 42.3 Å². The molecule has 26 heavy (non-hydrogen) atoms. The molecule has 0 saturated carbocycles. The Balaban J connectivity index is 1.31. The monoisotopic (exact) mass is 385 g/mol. The number of para-hydroxylation sites is 1. The molecule has 0 radical (unpaired) electrons. The summed E-state index contributed by atoms with van der Waals surface area (Å²) in [6.07, 6.45) is 0. The zero-order chi connectivity index (χ0) is 17.8. The first-order valence-corrected chi connectivity index (χ1v) is 10.3. The van der Waals surface area contributed by atoms with E-state index >= 15 is 0 Å². The number of hydrogen-bond acceptors (Lipinski definition) is 6. The van der Waals surface area contributed by atoms with Gasteiger partial charge in [0.15, 0.2) is 4.34 Å². The summed E-state index contributed by atoms with van der Waals surface area (Å²) in [5.41, 5.74) is 2.96. The van der Waals surface area contributed by atoms with Crippen LogP contribution in [-0.4, -0.2) is 42.9 Å². The predicted octanol–water partition coefficient (Wildman–Crippen LogP) is 3.86. The Hall–Kier alpha value is -2.09. The van der Waals surface area contributed by atoms with E-state index in [1.807, 2.05) is 48.5 Å². The molecule has 0 atom stereocenters. The average Bonchev–Trinajstić information content (AvgIpc) is 3.11. The van der Waals surface area contributed by atoms with Crippen molar-refractivity contribution in [2.24, 2.45) is 0 Å². The van der Waals surface area contributed by atoms with E-state index in [1.54, 1.807) is 11.3 Å². The standard InChI is InChI=1S/C19H19N3O2S2/c23-18(13-25-19-21-16-3-1-2-4-17(16)26-19)20-14-5-7-15(8-6-14)22-9-11-24-12-10-22/h1-8H,9-13H2,(H,20,23). The van der Waals surface area contributed by atoms with E-state index in [-0.39, 0.29) is 5.91 Å². The van der Waals surface area contributed by atoms with Gasteiger partial charge in [-0.1, -0.05) is 23.9 Å². The molecular formula is C19H19N3O2S2. The first kappa shape index (κ1) is 17.3. The maximum absolute atomic E-state index is 12.2. The summed E-state index contributed by atoms with van der Waals surface area (Å²) in [5, 5.41) is 2.95. The fourth-order valence-electron chi connectivity index (χ4n) is 2.81. The molecule has 4 rings (SSSR count). The highest BCUT2D eigenvalue weighted by molar-refractivity contribution is 8.01. The minimum Gasteiger partial charge on any atom is -0.378 e. The van der Waals surface area contributed by atoms with E-state index in [4.69, 9.17) is 4.74 Å². The van der Waals surface area contributed by atoms with Gasteiger partial charge in [-0.15, -0.1) is 11.3 Å². The number of thioether (sulfide) groups is 1. The van der Waals surface area contributed by atoms with Crippen LogP contribution in [0.25, 0.3) is 10.2 Å². The molecule has 1 aromatic heterocycles. The molecule has 0 unspecified atom stereocenters. The molecule has 1 aliphatic heterocycles. The van der Waals surface area contributed by atoms with Gasteiger partial charge in [-0.2, -0.15) is 0 Å². The lowest BCUT2D eigenvalue weighted by atomic mass is 10.2. The van der Waals surface area contributed by atoms with Crippen LogP contribution >= 0.6 is 23.1 Å². The van der Waals surface area contributed by atoms with Gasteiger partial charge in [-0.25, -0.2) is 4.98 Å². The number of anilines is 2. The van der Waals surface area contributed by atoms with Crippen molar-refractivity contribution < 1.29 is 9.53 Å². The number of fused-ring (bicyclic) bond motifs is 1. The number of carbonyl (C=O) groups excluding carboxylic acids is 1. The van der Waals surface area contributed by atoms with Crippen molar-refractivity contribution in [1.82, 2.24) is 4.98 Å². The molecule has 0 bridgehead atoms. The summed E-state index contributed by atoms with van der Waals surface area (Å²) in [7, 11) is 0. The molecule has 5 nitrogen and oxygen atoms in total. The van der Waals surface area contributed by atoms with Crippen molar-refractivity contribution in [2.45, 2.75) is 4.34 Å². The first-order valence-electron chi connectivity index (χ1n) is 8.49. The van der Waals surface area contributed by atoms with Gasteiger partial charge in [-0.05, 0) is 36.4 Å². The fourth-order valence-corrected chi connectivity index (χ4v) is 4.68. The van der Waals surface area contributed by atoms with E-state index in [1.165, 1.54) is 11.8 Å². The van der Waals surface area contributed by atoms with Crippen molar-refractivity contribution >= 4 is 50.6 Å². The molecule has 2 aromatic carbocycles. The summed E-state index contributed by atoms with van der Waals surface area (Å²) < 4.78 is 7.44. The van der Waals surface area contributed by atoms with Crippen LogP contribution in [0, 0.1) is 0 Å². The number of morpholine rings is 1. The van der Waals surface area contributed by atoms with Crippen LogP contribution in [0.3, 0.4) is 0 Å². The number of rotatable bonds is 5. The van der Waals surface area contributed by atoms with E-state index in [0.29, 0.717) is 5.75 Å². The number of amides is 1. The smallest absolute Gasteiger partial charge is 0.234 e. The Bertz CT molecular complexity index is 856. The van der Waals surface area contributed by atoms with Gasteiger partial charge in [0.05, 0.1) is 29.2 Å². The minimum atomic E-state index is -0.0200. The first-order chi connectivity index (χ1) is 12.8. The van der Waals surface area contributed by atoms with Gasteiger partial charge in [-0.3, -0.25) is 4.79 Å². The number of benzene rings is 2. The summed E-state index contributed by atoms with van der Waals surface area (Å²) in [5.74, 6) is 0.332. The van der Waals surface area contributed by atoms with E-state index < -0.39 is 0 Å². The number of carbonyl (C=O) groups is 1. The molecule has 1 aliphatic rings. The molecule has 2 heterocycles. The molecule has 1 amide bonds. The Kier molecular flexibility index (Phi) is 5.38. The quantitative estimate of drug-likeness (QED) is 0.676. The third kappa shape index (κ3) is 4.17. The van der Waals surface area contributed by atoms with Gasteiger partial charge in [0.25, 0.3) is 0 Å². The second-order valence-corrected chi connectivity index (χ2v) is 8.18. The Labute approximate surface area is 160 Å². The highest BCUT2D eigenvalue weighted by Crippen LogP contribution is 2.29. The number of nitrogens with zero attached hydrogens (tertiary/aromatic N) is 2. The molecule has 3 aromatic rings. The molecule has 1 fully saturated rings. The lowest BCUT2D eigenvalue weighted by molar-refractivity contribution is -0.113. The summed E-state index contributed by atoms with van der Waals surface area (Å²) in [6, 6.07) is 16.0. The van der Waals surface area contributed by atoms with Crippen LogP contribution in [0.15, 0.2) is 52.9 Å². The maximum atomic E-state index is 12.2. The van der Waals surface area contributed by atoms with Gasteiger partial charge in [0.1, 0.15) is 0 Å². The normalized spacial score (nSPS) is 14.5. The SMILES string of the molecule is O=C(CSc1nc2ccccc2s1)Nc1ccc(N2CCOCC2)cc1. The second kappa shape index (κ2) is 8.07. The van der Waals surface area contributed by atoms with Crippen LogP contribution in [0.5, 0.6) is 0 Å². The highest BCUT2D eigenvalue weighted by Gasteiger charge is 2.12. The molecule has 1 saturated heterocycles. The number of thiazole rings is 1. The van der Waals surface area contributed by atoms with Crippen molar-refractivity contribution in [3.63, 3.8) is 0 Å².